The highest BCUT2D eigenvalue weighted by molar-refractivity contribution is 7.92. The van der Waals surface area contributed by atoms with Crippen molar-refractivity contribution in [2.45, 2.75) is 6.54 Å². The molecule has 0 bridgehead atoms. The lowest BCUT2D eigenvalue weighted by molar-refractivity contribution is 0.251. The maximum absolute atomic E-state index is 12.8. The second-order valence-corrected chi connectivity index (χ2v) is 6.63. The number of sulfonamides is 1. The van der Waals surface area contributed by atoms with Gasteiger partial charge in [-0.15, -0.1) is 0 Å². The predicted octanol–water partition coefficient (Wildman–Crippen LogP) is 2.52. The van der Waals surface area contributed by atoms with E-state index in [1.807, 2.05) is 0 Å². The lowest BCUT2D eigenvalue weighted by Gasteiger charge is -2.09. The van der Waals surface area contributed by atoms with Crippen molar-refractivity contribution in [3.63, 3.8) is 0 Å². The number of hydrogen-bond donors (Lipinski definition) is 3. The fourth-order valence-corrected chi connectivity index (χ4v) is 2.36. The summed E-state index contributed by atoms with van der Waals surface area (Å²) in [6.45, 7) is 0.264. The van der Waals surface area contributed by atoms with Crippen LogP contribution < -0.4 is 15.4 Å². The van der Waals surface area contributed by atoms with Gasteiger partial charge in [-0.1, -0.05) is 12.1 Å². The number of hydrogen-bond acceptors (Lipinski definition) is 3. The second-order valence-electron chi connectivity index (χ2n) is 4.89. The Kier molecular flexibility index (Phi) is 5.17. The van der Waals surface area contributed by atoms with Gasteiger partial charge in [-0.05, 0) is 42.0 Å². The van der Waals surface area contributed by atoms with E-state index in [1.165, 1.54) is 24.3 Å². The largest absolute Gasteiger partial charge is 0.334 e. The Labute approximate surface area is 133 Å². The van der Waals surface area contributed by atoms with E-state index < -0.39 is 16.1 Å². The first-order valence-corrected chi connectivity index (χ1v) is 8.58. The van der Waals surface area contributed by atoms with Crippen LogP contribution in [-0.4, -0.2) is 20.7 Å². The number of amides is 2. The Hall–Kier alpha value is -2.61. The van der Waals surface area contributed by atoms with Crippen LogP contribution in [0.4, 0.5) is 20.6 Å². The summed E-state index contributed by atoms with van der Waals surface area (Å²) >= 11 is 0. The summed E-state index contributed by atoms with van der Waals surface area (Å²) in [4.78, 5) is 11.8. The van der Waals surface area contributed by atoms with Gasteiger partial charge in [0.1, 0.15) is 5.82 Å². The first-order valence-electron chi connectivity index (χ1n) is 6.69. The minimum atomic E-state index is -3.33. The Bertz CT molecular complexity index is 775. The second kappa shape index (κ2) is 7.10. The maximum atomic E-state index is 12.8. The molecule has 2 amide bonds. The van der Waals surface area contributed by atoms with Crippen LogP contribution in [0.3, 0.4) is 0 Å². The van der Waals surface area contributed by atoms with Crippen molar-refractivity contribution < 1.29 is 17.6 Å². The molecule has 0 heterocycles. The summed E-state index contributed by atoms with van der Waals surface area (Å²) in [5.74, 6) is -0.332. The zero-order chi connectivity index (χ0) is 16.9. The fourth-order valence-electron chi connectivity index (χ4n) is 1.80. The molecule has 0 aliphatic carbocycles. The standard InChI is InChI=1S/C15H16FN3O3S/c1-23(21,22)19-14-8-6-13(7-9-14)18-15(20)17-10-11-2-4-12(16)5-3-11/h2-9,19H,10H2,1H3,(H2,17,18,20). The van der Waals surface area contributed by atoms with Gasteiger partial charge in [0, 0.05) is 17.9 Å². The number of nitrogens with one attached hydrogen (secondary N) is 3. The Morgan fingerprint density at radius 3 is 2.13 bits per heavy atom. The molecule has 0 unspecified atom stereocenters. The maximum Gasteiger partial charge on any atom is 0.319 e. The number of halogens is 1. The third-order valence-electron chi connectivity index (χ3n) is 2.81. The molecule has 8 heteroatoms. The molecule has 0 spiro atoms. The highest BCUT2D eigenvalue weighted by Crippen LogP contribution is 2.14. The van der Waals surface area contributed by atoms with Crippen LogP contribution in [-0.2, 0) is 16.6 Å². The normalized spacial score (nSPS) is 10.9. The molecule has 2 aromatic rings. The molecule has 0 fully saturated rings. The third-order valence-corrected chi connectivity index (χ3v) is 3.42. The van der Waals surface area contributed by atoms with Gasteiger partial charge in [0.15, 0.2) is 0 Å². The number of benzene rings is 2. The van der Waals surface area contributed by atoms with E-state index in [0.29, 0.717) is 11.4 Å². The summed E-state index contributed by atoms with van der Waals surface area (Å²) < 4.78 is 37.3. The van der Waals surface area contributed by atoms with E-state index in [-0.39, 0.29) is 12.4 Å². The molecule has 0 aliphatic heterocycles. The molecular weight excluding hydrogens is 321 g/mol. The SMILES string of the molecule is CS(=O)(=O)Nc1ccc(NC(=O)NCc2ccc(F)cc2)cc1. The molecule has 0 saturated carbocycles. The van der Waals surface area contributed by atoms with Crippen molar-refractivity contribution in [2.75, 3.05) is 16.3 Å². The number of rotatable bonds is 5. The molecule has 2 rings (SSSR count). The van der Waals surface area contributed by atoms with Gasteiger partial charge in [0.05, 0.1) is 6.26 Å². The minimum Gasteiger partial charge on any atom is -0.334 e. The molecule has 0 aromatic heterocycles. The van der Waals surface area contributed by atoms with Crippen LogP contribution in [0.15, 0.2) is 48.5 Å². The first kappa shape index (κ1) is 16.8. The summed E-state index contributed by atoms with van der Waals surface area (Å²) in [6.07, 6.45) is 1.06. The molecule has 0 radical (unpaired) electrons. The average Bonchev–Trinajstić information content (AvgIpc) is 2.47. The third kappa shape index (κ3) is 5.95. The van der Waals surface area contributed by atoms with Crippen molar-refractivity contribution in [1.29, 1.82) is 0 Å². The van der Waals surface area contributed by atoms with E-state index in [0.717, 1.165) is 11.8 Å². The van der Waals surface area contributed by atoms with Crippen molar-refractivity contribution in [2.24, 2.45) is 0 Å². The van der Waals surface area contributed by atoms with E-state index in [9.17, 15) is 17.6 Å². The zero-order valence-electron chi connectivity index (χ0n) is 12.3. The topological polar surface area (TPSA) is 87.3 Å². The Morgan fingerprint density at radius 1 is 1.00 bits per heavy atom. The number of anilines is 2. The Morgan fingerprint density at radius 2 is 1.57 bits per heavy atom. The van der Waals surface area contributed by atoms with Gasteiger partial charge >= 0.3 is 6.03 Å². The van der Waals surface area contributed by atoms with Crippen LogP contribution in [0.5, 0.6) is 0 Å². The fraction of sp³-hybridized carbons (Fsp3) is 0.133. The summed E-state index contributed by atoms with van der Waals surface area (Å²) in [5.41, 5.74) is 1.69. The van der Waals surface area contributed by atoms with Crippen LogP contribution in [0.1, 0.15) is 5.56 Å². The van der Waals surface area contributed by atoms with Crippen LogP contribution >= 0.6 is 0 Å². The van der Waals surface area contributed by atoms with E-state index in [4.69, 9.17) is 0 Å². The van der Waals surface area contributed by atoms with Crippen molar-refractivity contribution >= 4 is 27.4 Å². The van der Waals surface area contributed by atoms with Gasteiger partial charge in [-0.2, -0.15) is 0 Å². The van der Waals surface area contributed by atoms with Crippen molar-refractivity contribution in [1.82, 2.24) is 5.32 Å². The summed E-state index contributed by atoms with van der Waals surface area (Å²) in [5, 5.41) is 5.25. The number of carbonyl (C=O) groups is 1. The molecule has 2 aromatic carbocycles. The van der Waals surface area contributed by atoms with Gasteiger partial charge in [0.25, 0.3) is 0 Å². The van der Waals surface area contributed by atoms with Crippen molar-refractivity contribution in [3.8, 4) is 0 Å². The zero-order valence-corrected chi connectivity index (χ0v) is 13.2. The van der Waals surface area contributed by atoms with Gasteiger partial charge in [-0.3, -0.25) is 4.72 Å². The van der Waals surface area contributed by atoms with Crippen molar-refractivity contribution in [3.05, 3.63) is 59.9 Å². The highest BCUT2D eigenvalue weighted by Gasteiger charge is 2.04. The lowest BCUT2D eigenvalue weighted by Crippen LogP contribution is -2.28. The van der Waals surface area contributed by atoms with E-state index in [1.54, 1.807) is 24.3 Å². The lowest BCUT2D eigenvalue weighted by atomic mass is 10.2. The van der Waals surface area contributed by atoms with Crippen LogP contribution in [0.2, 0.25) is 0 Å². The van der Waals surface area contributed by atoms with E-state index in [2.05, 4.69) is 15.4 Å². The molecule has 0 saturated heterocycles. The Balaban J connectivity index is 1.86. The molecule has 6 nitrogen and oxygen atoms in total. The van der Waals surface area contributed by atoms with Crippen LogP contribution in [0.25, 0.3) is 0 Å². The van der Waals surface area contributed by atoms with E-state index >= 15 is 0 Å². The monoisotopic (exact) mass is 337 g/mol. The smallest absolute Gasteiger partial charge is 0.319 e. The molecule has 0 atom stereocenters. The minimum absolute atomic E-state index is 0.264. The summed E-state index contributed by atoms with van der Waals surface area (Å²) in [7, 11) is -3.33. The molecule has 23 heavy (non-hydrogen) atoms. The predicted molar refractivity (Wildman–Crippen MR) is 87.2 cm³/mol. The molecular formula is C15H16FN3O3S. The first-order chi connectivity index (χ1) is 10.8. The number of urea groups is 1. The molecule has 0 aliphatic rings. The average molecular weight is 337 g/mol. The highest BCUT2D eigenvalue weighted by atomic mass is 32.2. The quantitative estimate of drug-likeness (QED) is 0.783. The van der Waals surface area contributed by atoms with Gasteiger partial charge in [0.2, 0.25) is 10.0 Å². The summed E-state index contributed by atoms with van der Waals surface area (Å²) in [6, 6.07) is 11.6. The number of carbonyl (C=O) groups excluding carboxylic acids is 1. The van der Waals surface area contributed by atoms with Crippen LogP contribution in [0, 0.1) is 5.82 Å². The van der Waals surface area contributed by atoms with Gasteiger partial charge < -0.3 is 10.6 Å². The molecule has 122 valence electrons. The molecule has 3 N–H and O–H groups in total. The van der Waals surface area contributed by atoms with Gasteiger partial charge in [-0.25, -0.2) is 17.6 Å².